The van der Waals surface area contributed by atoms with E-state index in [1.54, 1.807) is 30.8 Å². The van der Waals surface area contributed by atoms with E-state index in [-0.39, 0.29) is 18.1 Å². The normalized spacial score (nSPS) is 30.9. The van der Waals surface area contributed by atoms with E-state index in [0.29, 0.717) is 0 Å². The maximum atomic E-state index is 11.9. The van der Waals surface area contributed by atoms with Crippen LogP contribution < -0.4 is 0 Å². The molecule has 0 spiro atoms. The summed E-state index contributed by atoms with van der Waals surface area (Å²) in [6, 6.07) is -0.693. The fourth-order valence-corrected chi connectivity index (χ4v) is 2.12. The molecule has 7 heteroatoms. The molecule has 0 N–H and O–H groups in total. The second kappa shape index (κ2) is 2.91. The van der Waals surface area contributed by atoms with Crippen LogP contribution in [0.2, 0.25) is 0 Å². The van der Waals surface area contributed by atoms with E-state index in [1.165, 1.54) is 11.9 Å². The molecule has 0 aromatic rings. The summed E-state index contributed by atoms with van der Waals surface area (Å²) in [4.78, 5) is 26.2. The van der Waals surface area contributed by atoms with E-state index in [9.17, 15) is 9.59 Å². The van der Waals surface area contributed by atoms with E-state index in [4.69, 9.17) is 0 Å². The molecule has 1 fully saturated rings. The minimum absolute atomic E-state index is 0.210. The highest BCUT2D eigenvalue weighted by Gasteiger charge is 2.55. The Morgan fingerprint density at radius 2 is 1.87 bits per heavy atom. The smallest absolute Gasteiger partial charge is 0.283 e. The quantitative estimate of drug-likeness (QED) is 0.492. The van der Waals surface area contributed by atoms with Gasteiger partial charge in [-0.2, -0.15) is 5.01 Å². The summed E-state index contributed by atoms with van der Waals surface area (Å²) < 4.78 is 1.63. The van der Waals surface area contributed by atoms with Crippen molar-refractivity contribution in [3.63, 3.8) is 0 Å². The number of likely N-dealkylation sites (N-methyl/N-ethyl adjacent to an activating group) is 4. The summed E-state index contributed by atoms with van der Waals surface area (Å²) in [5, 5.41) is 5.72. The third-order valence-corrected chi connectivity index (χ3v) is 2.92. The van der Waals surface area contributed by atoms with Gasteiger partial charge in [-0.05, 0) is 0 Å². The van der Waals surface area contributed by atoms with Crippen molar-refractivity contribution in [2.24, 2.45) is 5.22 Å². The Morgan fingerprint density at radius 1 is 1.27 bits per heavy atom. The van der Waals surface area contributed by atoms with Crippen molar-refractivity contribution in [1.82, 2.24) is 14.8 Å². The average Bonchev–Trinajstić information content (AvgIpc) is 2.47. The maximum Gasteiger partial charge on any atom is 0.329 e. The van der Waals surface area contributed by atoms with Crippen LogP contribution in [0.4, 0.5) is 4.79 Å². The summed E-state index contributed by atoms with van der Waals surface area (Å²) in [5.74, 6) is -0.210. The van der Waals surface area contributed by atoms with Gasteiger partial charge in [-0.3, -0.25) is 14.6 Å². The van der Waals surface area contributed by atoms with Crippen molar-refractivity contribution >= 4 is 11.9 Å². The highest BCUT2D eigenvalue weighted by atomic mass is 16.2. The predicted molar refractivity (Wildman–Crippen MR) is 49.9 cm³/mol. The Labute approximate surface area is 87.5 Å². The summed E-state index contributed by atoms with van der Waals surface area (Å²) in [7, 11) is 6.65. The number of carbonyl (C=O) groups is 2. The molecule has 3 amide bonds. The van der Waals surface area contributed by atoms with Gasteiger partial charge in [0.1, 0.15) is 0 Å². The minimum Gasteiger partial charge on any atom is -0.283 e. The van der Waals surface area contributed by atoms with E-state index in [2.05, 4.69) is 5.22 Å². The zero-order valence-corrected chi connectivity index (χ0v) is 9.21. The number of imide groups is 1. The largest absolute Gasteiger partial charge is 0.329 e. The molecule has 0 aromatic heterocycles. The van der Waals surface area contributed by atoms with E-state index >= 15 is 0 Å². The van der Waals surface area contributed by atoms with Crippen LogP contribution in [0.1, 0.15) is 0 Å². The lowest BCUT2D eigenvalue weighted by atomic mass is 10.1. The molecular formula is C8H14N5O2+. The molecular weight excluding hydrogens is 198 g/mol. The molecule has 2 aliphatic rings. The molecule has 2 atom stereocenters. The molecule has 1 saturated heterocycles. The topological polar surface area (TPSA) is 59.2 Å². The van der Waals surface area contributed by atoms with Crippen LogP contribution in [-0.2, 0) is 4.79 Å². The van der Waals surface area contributed by atoms with Crippen LogP contribution in [0.25, 0.3) is 0 Å². The van der Waals surface area contributed by atoms with Crippen LogP contribution in [0.15, 0.2) is 5.22 Å². The van der Waals surface area contributed by atoms with Crippen LogP contribution in [-0.4, -0.2) is 71.8 Å². The highest BCUT2D eigenvalue weighted by molar-refractivity contribution is 5.99. The Bertz CT molecular complexity index is 366. The lowest BCUT2D eigenvalue weighted by molar-refractivity contribution is -0.609. The summed E-state index contributed by atoms with van der Waals surface area (Å²) in [6.45, 7) is 0. The molecule has 0 radical (unpaired) electrons. The Kier molecular flexibility index (Phi) is 1.92. The Balaban J connectivity index is 2.41. The van der Waals surface area contributed by atoms with Gasteiger partial charge in [0, 0.05) is 14.1 Å². The monoisotopic (exact) mass is 212 g/mol. The second-order valence-electron chi connectivity index (χ2n) is 3.89. The molecule has 7 nitrogen and oxygen atoms in total. The Hall–Kier alpha value is -1.66. The van der Waals surface area contributed by atoms with Gasteiger partial charge in [0.15, 0.2) is 0 Å². The van der Waals surface area contributed by atoms with Crippen molar-refractivity contribution in [3.8, 4) is 0 Å². The first-order valence-corrected chi connectivity index (χ1v) is 4.66. The molecule has 15 heavy (non-hydrogen) atoms. The number of carbonyl (C=O) groups excluding carboxylic acids is 2. The van der Waals surface area contributed by atoms with Crippen molar-refractivity contribution < 1.29 is 14.3 Å². The lowest BCUT2D eigenvalue weighted by Gasteiger charge is -2.34. The molecule has 0 aromatic carbocycles. The third kappa shape index (κ3) is 1.12. The first-order valence-electron chi connectivity index (χ1n) is 4.66. The van der Waals surface area contributed by atoms with Crippen molar-refractivity contribution in [2.75, 3.05) is 28.2 Å². The molecule has 2 unspecified atom stereocenters. The van der Waals surface area contributed by atoms with Gasteiger partial charge >= 0.3 is 6.03 Å². The van der Waals surface area contributed by atoms with Crippen LogP contribution in [0.5, 0.6) is 0 Å². The first kappa shape index (κ1) is 9.88. The standard InChI is InChI=1S/C8H14N5O2/c1-10-6-5(12(3)9-13(6)4)7(14)11(2)8(10)15/h5-6H,1-4H3/q+1. The zero-order valence-electron chi connectivity index (χ0n) is 9.21. The summed E-state index contributed by atoms with van der Waals surface area (Å²) in [5.41, 5.74) is 0. The van der Waals surface area contributed by atoms with Gasteiger partial charge in [-0.1, -0.05) is 0 Å². The van der Waals surface area contributed by atoms with Crippen molar-refractivity contribution in [3.05, 3.63) is 0 Å². The van der Waals surface area contributed by atoms with Gasteiger partial charge in [-0.25, -0.2) is 4.79 Å². The number of amides is 3. The molecule has 0 saturated carbocycles. The molecule has 2 heterocycles. The van der Waals surface area contributed by atoms with Crippen molar-refractivity contribution in [2.45, 2.75) is 12.2 Å². The van der Waals surface area contributed by atoms with Gasteiger partial charge in [0.05, 0.1) is 19.3 Å². The average molecular weight is 212 g/mol. The molecule has 82 valence electrons. The summed E-state index contributed by atoms with van der Waals surface area (Å²) in [6.07, 6.45) is -0.300. The number of hydrogen-bond donors (Lipinski definition) is 0. The molecule has 2 rings (SSSR count). The van der Waals surface area contributed by atoms with Crippen LogP contribution in [0, 0.1) is 0 Å². The number of rotatable bonds is 0. The Morgan fingerprint density at radius 3 is 2.47 bits per heavy atom. The van der Waals surface area contributed by atoms with Gasteiger partial charge in [-0.15, -0.1) is 4.70 Å². The van der Waals surface area contributed by atoms with Crippen molar-refractivity contribution in [1.29, 1.82) is 0 Å². The number of nitrogens with zero attached hydrogens (tertiary/aromatic N) is 5. The van der Waals surface area contributed by atoms with Gasteiger partial charge < -0.3 is 0 Å². The first-order chi connectivity index (χ1) is 6.95. The SMILES string of the molecule is CN1C(=O)C2C(N(C)C1=O)[N+](C)=NN2C. The van der Waals surface area contributed by atoms with E-state index < -0.39 is 6.04 Å². The van der Waals surface area contributed by atoms with Gasteiger partial charge in [0.2, 0.25) is 6.17 Å². The highest BCUT2D eigenvalue weighted by Crippen LogP contribution is 2.24. The zero-order chi connectivity index (χ0) is 11.3. The fraction of sp³-hybridized carbons (Fsp3) is 0.750. The third-order valence-electron chi connectivity index (χ3n) is 2.92. The fourth-order valence-electron chi connectivity index (χ4n) is 2.12. The minimum atomic E-state index is -0.400. The molecule has 0 bridgehead atoms. The maximum absolute atomic E-state index is 11.9. The number of fused-ring (bicyclic) bond motifs is 1. The van der Waals surface area contributed by atoms with Gasteiger partial charge in [0.25, 0.3) is 11.9 Å². The number of hydrogen-bond acceptors (Lipinski definition) is 4. The van der Waals surface area contributed by atoms with E-state index in [1.807, 2.05) is 0 Å². The summed E-state index contributed by atoms with van der Waals surface area (Å²) >= 11 is 0. The van der Waals surface area contributed by atoms with Crippen LogP contribution in [0.3, 0.4) is 0 Å². The molecule has 2 aliphatic heterocycles. The second-order valence-corrected chi connectivity index (χ2v) is 3.89. The van der Waals surface area contributed by atoms with Crippen LogP contribution >= 0.6 is 0 Å². The predicted octanol–water partition coefficient (Wildman–Crippen LogP) is -0.840. The number of urea groups is 1. The van der Waals surface area contributed by atoms with E-state index in [0.717, 1.165) is 4.90 Å². The lowest BCUT2D eigenvalue weighted by Crippen LogP contribution is -2.65. The molecule has 0 aliphatic carbocycles.